The number of nitrogens with zero attached hydrogens (tertiary/aromatic N) is 2. The zero-order valence-electron chi connectivity index (χ0n) is 11.3. The Balaban J connectivity index is 2.29. The highest BCUT2D eigenvalue weighted by Crippen LogP contribution is 2.31. The van der Waals surface area contributed by atoms with Gasteiger partial charge in [0.2, 0.25) is 0 Å². The van der Waals surface area contributed by atoms with E-state index in [0.29, 0.717) is 17.5 Å². The molecule has 0 radical (unpaired) electrons. The van der Waals surface area contributed by atoms with Crippen molar-refractivity contribution in [2.75, 3.05) is 11.4 Å². The average molecular weight is 326 g/mol. The van der Waals surface area contributed by atoms with Gasteiger partial charge in [0.05, 0.1) is 0 Å². The summed E-state index contributed by atoms with van der Waals surface area (Å²) in [5, 5.41) is 11.8. The van der Waals surface area contributed by atoms with Gasteiger partial charge in [0.1, 0.15) is 0 Å². The zero-order valence-corrected chi connectivity index (χ0v) is 12.9. The molecule has 2 unspecified atom stereocenters. The molecule has 1 aliphatic heterocycles. The van der Waals surface area contributed by atoms with Gasteiger partial charge in [0.15, 0.2) is 5.84 Å². The number of rotatable bonds is 2. The maximum Gasteiger partial charge on any atom is 0.171 e. The van der Waals surface area contributed by atoms with Gasteiger partial charge in [-0.15, -0.1) is 0 Å². The average Bonchev–Trinajstić information content (AvgIpc) is 2.41. The van der Waals surface area contributed by atoms with Crippen LogP contribution in [0.25, 0.3) is 0 Å². The number of hydrogen-bond donors (Lipinski definition) is 2. The number of amidine groups is 1. The van der Waals surface area contributed by atoms with Crippen LogP contribution in [0.5, 0.6) is 0 Å². The second kappa shape index (κ2) is 5.82. The van der Waals surface area contributed by atoms with E-state index in [-0.39, 0.29) is 5.84 Å². The van der Waals surface area contributed by atoms with E-state index >= 15 is 0 Å². The molecule has 0 saturated carbocycles. The Morgan fingerprint density at radius 2 is 2.21 bits per heavy atom. The van der Waals surface area contributed by atoms with Crippen LogP contribution < -0.4 is 10.6 Å². The van der Waals surface area contributed by atoms with Crippen LogP contribution in [0.3, 0.4) is 0 Å². The van der Waals surface area contributed by atoms with Crippen LogP contribution in [0.2, 0.25) is 0 Å². The summed E-state index contributed by atoms with van der Waals surface area (Å²) in [6.45, 7) is 5.66. The largest absolute Gasteiger partial charge is 0.409 e. The third-order valence-electron chi connectivity index (χ3n) is 4.04. The van der Waals surface area contributed by atoms with E-state index in [2.05, 4.69) is 39.8 Å². The fourth-order valence-corrected chi connectivity index (χ4v) is 3.21. The number of hydrogen-bond acceptors (Lipinski definition) is 3. The predicted molar refractivity (Wildman–Crippen MR) is 81.9 cm³/mol. The van der Waals surface area contributed by atoms with Gasteiger partial charge in [-0.1, -0.05) is 12.1 Å². The standard InChI is InChI=1S/C14H20BrN3O/c1-9-4-3-7-18(10(9)2)11-5-6-12(13(15)8-11)14(16)17-19/h5-6,8-10,19H,3-4,7H2,1-2H3,(H2,16,17). The molecular formula is C14H20BrN3O. The van der Waals surface area contributed by atoms with Crippen LogP contribution >= 0.6 is 15.9 Å². The summed E-state index contributed by atoms with van der Waals surface area (Å²) < 4.78 is 0.853. The molecule has 1 saturated heterocycles. The highest BCUT2D eigenvalue weighted by Gasteiger charge is 2.25. The van der Waals surface area contributed by atoms with Gasteiger partial charge in [-0.25, -0.2) is 0 Å². The maximum absolute atomic E-state index is 8.74. The lowest BCUT2D eigenvalue weighted by Crippen LogP contribution is -2.42. The zero-order chi connectivity index (χ0) is 14.0. The van der Waals surface area contributed by atoms with E-state index in [9.17, 15) is 0 Å². The molecule has 1 heterocycles. The molecule has 2 rings (SSSR count). The summed E-state index contributed by atoms with van der Waals surface area (Å²) in [4.78, 5) is 2.43. The lowest BCUT2D eigenvalue weighted by Gasteiger charge is -2.39. The van der Waals surface area contributed by atoms with E-state index < -0.39 is 0 Å². The second-order valence-corrected chi connectivity index (χ2v) is 6.06. The summed E-state index contributed by atoms with van der Waals surface area (Å²) in [6, 6.07) is 6.50. The summed E-state index contributed by atoms with van der Waals surface area (Å²) >= 11 is 3.49. The fourth-order valence-electron chi connectivity index (χ4n) is 2.64. The van der Waals surface area contributed by atoms with Crippen LogP contribution in [-0.2, 0) is 0 Å². The highest BCUT2D eigenvalue weighted by atomic mass is 79.9. The van der Waals surface area contributed by atoms with Crippen molar-refractivity contribution in [3.63, 3.8) is 0 Å². The van der Waals surface area contributed by atoms with Crippen LogP contribution in [0.4, 0.5) is 5.69 Å². The minimum atomic E-state index is 0.124. The summed E-state index contributed by atoms with van der Waals surface area (Å²) in [7, 11) is 0. The first-order valence-electron chi connectivity index (χ1n) is 6.58. The first-order chi connectivity index (χ1) is 9.04. The van der Waals surface area contributed by atoms with Crippen molar-refractivity contribution >= 4 is 27.5 Å². The van der Waals surface area contributed by atoms with Crippen LogP contribution in [0.15, 0.2) is 27.8 Å². The smallest absolute Gasteiger partial charge is 0.171 e. The molecule has 19 heavy (non-hydrogen) atoms. The molecule has 1 aromatic carbocycles. The molecule has 3 N–H and O–H groups in total. The molecule has 4 nitrogen and oxygen atoms in total. The Hall–Kier alpha value is -1.23. The SMILES string of the molecule is CC1CCCN(c2ccc(/C(N)=N/O)c(Br)c2)C1C. The van der Waals surface area contributed by atoms with Crippen LogP contribution in [-0.4, -0.2) is 23.6 Å². The topological polar surface area (TPSA) is 61.8 Å². The summed E-state index contributed by atoms with van der Waals surface area (Å²) in [5.41, 5.74) is 7.52. The van der Waals surface area contributed by atoms with Crippen molar-refractivity contribution in [1.82, 2.24) is 0 Å². The first-order valence-corrected chi connectivity index (χ1v) is 7.38. The molecule has 1 aliphatic rings. The van der Waals surface area contributed by atoms with Crippen LogP contribution in [0, 0.1) is 5.92 Å². The molecule has 1 fully saturated rings. The van der Waals surface area contributed by atoms with Gasteiger partial charge in [0, 0.05) is 28.3 Å². The molecule has 5 heteroatoms. The monoisotopic (exact) mass is 325 g/mol. The van der Waals surface area contributed by atoms with E-state index in [0.717, 1.165) is 11.0 Å². The predicted octanol–water partition coefficient (Wildman–Crippen LogP) is 3.17. The van der Waals surface area contributed by atoms with Crippen molar-refractivity contribution < 1.29 is 5.21 Å². The first kappa shape index (κ1) is 14.2. The van der Waals surface area contributed by atoms with Gasteiger partial charge in [-0.2, -0.15) is 0 Å². The molecule has 0 spiro atoms. The van der Waals surface area contributed by atoms with Crippen molar-refractivity contribution in [2.24, 2.45) is 16.8 Å². The van der Waals surface area contributed by atoms with Gasteiger partial charge in [-0.3, -0.25) is 0 Å². The normalized spacial score (nSPS) is 24.6. The maximum atomic E-state index is 8.74. The Morgan fingerprint density at radius 1 is 1.47 bits per heavy atom. The number of benzene rings is 1. The second-order valence-electron chi connectivity index (χ2n) is 5.20. The Bertz CT molecular complexity index is 490. The minimum Gasteiger partial charge on any atom is -0.409 e. The summed E-state index contributed by atoms with van der Waals surface area (Å²) in [5.74, 6) is 0.828. The van der Waals surface area contributed by atoms with E-state index in [4.69, 9.17) is 10.9 Å². The molecule has 0 bridgehead atoms. The molecule has 1 aromatic rings. The Kier molecular flexibility index (Phi) is 4.34. The summed E-state index contributed by atoms with van der Waals surface area (Å²) in [6.07, 6.45) is 2.52. The third kappa shape index (κ3) is 2.86. The quantitative estimate of drug-likeness (QED) is 0.380. The van der Waals surface area contributed by atoms with Crippen molar-refractivity contribution in [2.45, 2.75) is 32.7 Å². The number of anilines is 1. The minimum absolute atomic E-state index is 0.124. The lowest BCUT2D eigenvalue weighted by atomic mass is 9.91. The van der Waals surface area contributed by atoms with Gasteiger partial charge >= 0.3 is 0 Å². The molecular weight excluding hydrogens is 306 g/mol. The lowest BCUT2D eigenvalue weighted by molar-refractivity contribution is 0.318. The Labute approximate surface area is 122 Å². The van der Waals surface area contributed by atoms with Crippen molar-refractivity contribution in [1.29, 1.82) is 0 Å². The van der Waals surface area contributed by atoms with E-state index in [1.165, 1.54) is 18.5 Å². The molecule has 0 amide bonds. The van der Waals surface area contributed by atoms with Gasteiger partial charge in [0.25, 0.3) is 0 Å². The number of piperidine rings is 1. The van der Waals surface area contributed by atoms with E-state index in [1.54, 1.807) is 0 Å². The van der Waals surface area contributed by atoms with Crippen LogP contribution in [0.1, 0.15) is 32.3 Å². The fraction of sp³-hybridized carbons (Fsp3) is 0.500. The third-order valence-corrected chi connectivity index (χ3v) is 4.70. The van der Waals surface area contributed by atoms with Gasteiger partial charge in [-0.05, 0) is 59.8 Å². The number of oxime groups is 1. The van der Waals surface area contributed by atoms with Crippen molar-refractivity contribution in [3.05, 3.63) is 28.2 Å². The molecule has 104 valence electrons. The van der Waals surface area contributed by atoms with E-state index in [1.807, 2.05) is 18.2 Å². The van der Waals surface area contributed by atoms with Crippen molar-refractivity contribution in [3.8, 4) is 0 Å². The number of halogens is 1. The molecule has 2 atom stereocenters. The molecule has 0 aliphatic carbocycles. The highest BCUT2D eigenvalue weighted by molar-refractivity contribution is 9.10. The number of nitrogens with two attached hydrogens (primary N) is 1. The Morgan fingerprint density at radius 3 is 2.84 bits per heavy atom. The molecule has 0 aromatic heterocycles. The van der Waals surface area contributed by atoms with Gasteiger partial charge < -0.3 is 15.8 Å².